The highest BCUT2D eigenvalue weighted by Crippen LogP contribution is 2.52. The first kappa shape index (κ1) is 18.8. The highest BCUT2D eigenvalue weighted by molar-refractivity contribution is 5.46. The fraction of sp³-hybridized carbons (Fsp3) is 0.250. The minimum Gasteiger partial charge on any atom is -0.374 e. The van der Waals surface area contributed by atoms with Gasteiger partial charge < -0.3 is 5.11 Å². The molecule has 0 bridgehead atoms. The first-order valence-corrected chi connectivity index (χ1v) is 6.91. The number of alkyl halides is 5. The molecule has 0 fully saturated rings. The summed E-state index contributed by atoms with van der Waals surface area (Å²) in [6, 6.07) is 7.74. The number of non-ortho nitro benzene ring substituents is 1. The average Bonchev–Trinajstić information content (AvgIpc) is 2.53. The highest BCUT2D eigenvalue weighted by atomic mass is 19.4. The zero-order valence-electron chi connectivity index (χ0n) is 12.7. The van der Waals surface area contributed by atoms with Crippen molar-refractivity contribution in [3.63, 3.8) is 0 Å². The normalized spacial score (nSPS) is 14.8. The minimum absolute atomic E-state index is 0.00674. The Hall–Kier alpha value is -2.55. The third-order valence-corrected chi connectivity index (χ3v) is 3.84. The molecule has 2 aromatic rings. The predicted octanol–water partition coefficient (Wildman–Crippen LogP) is 4.34. The van der Waals surface area contributed by atoms with Crippen LogP contribution in [0.15, 0.2) is 48.5 Å². The summed E-state index contributed by atoms with van der Waals surface area (Å²) >= 11 is 0. The molecule has 0 aliphatic heterocycles. The van der Waals surface area contributed by atoms with Crippen LogP contribution in [0.3, 0.4) is 0 Å². The number of aryl methyl sites for hydroxylation is 1. The zero-order valence-corrected chi connectivity index (χ0v) is 12.7. The van der Waals surface area contributed by atoms with Gasteiger partial charge in [-0.05, 0) is 35.7 Å². The second kappa shape index (κ2) is 6.07. The van der Waals surface area contributed by atoms with Crippen LogP contribution in [0.4, 0.5) is 27.6 Å². The van der Waals surface area contributed by atoms with Crippen molar-refractivity contribution < 1.29 is 32.0 Å². The lowest BCUT2D eigenvalue weighted by Crippen LogP contribution is -2.55. The molecule has 0 saturated heterocycles. The number of nitro groups is 1. The number of nitrogens with zero attached hydrogens (tertiary/aromatic N) is 1. The molecule has 25 heavy (non-hydrogen) atoms. The maximum Gasteiger partial charge on any atom is 0.457 e. The summed E-state index contributed by atoms with van der Waals surface area (Å²) in [5, 5.41) is 21.2. The van der Waals surface area contributed by atoms with Crippen molar-refractivity contribution >= 4 is 5.69 Å². The molecule has 134 valence electrons. The third kappa shape index (κ3) is 2.95. The van der Waals surface area contributed by atoms with Crippen LogP contribution in [0.5, 0.6) is 0 Å². The van der Waals surface area contributed by atoms with Crippen molar-refractivity contribution in [1.82, 2.24) is 0 Å². The Labute approximate surface area is 138 Å². The number of nitro benzene ring substituents is 1. The number of aliphatic hydroxyl groups is 1. The fourth-order valence-corrected chi connectivity index (χ4v) is 2.51. The first-order chi connectivity index (χ1) is 11.4. The van der Waals surface area contributed by atoms with Gasteiger partial charge >= 0.3 is 12.1 Å². The van der Waals surface area contributed by atoms with Gasteiger partial charge in [-0.3, -0.25) is 10.1 Å². The average molecular weight is 361 g/mol. The lowest BCUT2D eigenvalue weighted by molar-refractivity contribution is -0.384. The van der Waals surface area contributed by atoms with Crippen LogP contribution in [-0.4, -0.2) is 22.1 Å². The van der Waals surface area contributed by atoms with Crippen LogP contribution in [0.1, 0.15) is 16.7 Å². The van der Waals surface area contributed by atoms with E-state index in [0.29, 0.717) is 12.1 Å². The molecule has 4 nitrogen and oxygen atoms in total. The van der Waals surface area contributed by atoms with E-state index in [1.165, 1.54) is 25.1 Å². The van der Waals surface area contributed by atoms with E-state index in [9.17, 15) is 37.2 Å². The van der Waals surface area contributed by atoms with Gasteiger partial charge in [0, 0.05) is 12.1 Å². The molecular formula is C16H12F5NO3. The Morgan fingerprint density at radius 2 is 1.48 bits per heavy atom. The Balaban J connectivity index is 2.78. The zero-order chi connectivity index (χ0) is 19.0. The lowest BCUT2D eigenvalue weighted by atomic mass is 9.78. The first-order valence-electron chi connectivity index (χ1n) is 6.91. The van der Waals surface area contributed by atoms with Gasteiger partial charge in [-0.25, -0.2) is 0 Å². The van der Waals surface area contributed by atoms with E-state index < -0.39 is 39.4 Å². The van der Waals surface area contributed by atoms with Gasteiger partial charge in [-0.2, -0.15) is 22.0 Å². The number of hydrogen-bond acceptors (Lipinski definition) is 3. The van der Waals surface area contributed by atoms with Gasteiger partial charge in [-0.1, -0.05) is 24.3 Å². The molecule has 0 saturated carbocycles. The van der Waals surface area contributed by atoms with E-state index in [1.807, 2.05) is 0 Å². The molecule has 1 atom stereocenters. The summed E-state index contributed by atoms with van der Waals surface area (Å²) in [6.45, 7) is 1.28. The molecule has 9 heteroatoms. The Kier molecular flexibility index (Phi) is 4.56. The lowest BCUT2D eigenvalue weighted by Gasteiger charge is -2.38. The summed E-state index contributed by atoms with van der Waals surface area (Å²) < 4.78 is 67.6. The Morgan fingerprint density at radius 3 is 1.92 bits per heavy atom. The number of rotatable bonds is 4. The monoisotopic (exact) mass is 361 g/mol. The van der Waals surface area contributed by atoms with Crippen LogP contribution in [-0.2, 0) is 5.60 Å². The predicted molar refractivity (Wildman–Crippen MR) is 78.3 cm³/mol. The van der Waals surface area contributed by atoms with E-state index in [2.05, 4.69) is 0 Å². The Bertz CT molecular complexity index is 789. The van der Waals surface area contributed by atoms with E-state index in [-0.39, 0.29) is 5.56 Å². The van der Waals surface area contributed by atoms with Crippen LogP contribution in [0.25, 0.3) is 0 Å². The summed E-state index contributed by atoms with van der Waals surface area (Å²) in [5.41, 5.74) is -5.70. The molecule has 2 aromatic carbocycles. The number of halogens is 5. The van der Waals surface area contributed by atoms with Gasteiger partial charge in [0.05, 0.1) is 4.92 Å². The van der Waals surface area contributed by atoms with Crippen molar-refractivity contribution in [3.05, 3.63) is 75.3 Å². The van der Waals surface area contributed by atoms with Crippen molar-refractivity contribution in [2.24, 2.45) is 0 Å². The fourth-order valence-electron chi connectivity index (χ4n) is 2.51. The molecule has 0 amide bonds. The van der Waals surface area contributed by atoms with Crippen LogP contribution < -0.4 is 0 Å². The molecule has 0 radical (unpaired) electrons. The molecule has 0 aromatic heterocycles. The second-order valence-electron chi connectivity index (χ2n) is 5.40. The largest absolute Gasteiger partial charge is 0.457 e. The maximum atomic E-state index is 14.3. The van der Waals surface area contributed by atoms with Crippen molar-refractivity contribution in [1.29, 1.82) is 0 Å². The van der Waals surface area contributed by atoms with Gasteiger partial charge in [0.1, 0.15) is 0 Å². The Morgan fingerprint density at radius 1 is 0.960 bits per heavy atom. The summed E-state index contributed by atoms with van der Waals surface area (Å²) in [7, 11) is 0. The van der Waals surface area contributed by atoms with E-state index >= 15 is 0 Å². The molecule has 1 N–H and O–H groups in total. The molecule has 2 rings (SSSR count). The van der Waals surface area contributed by atoms with Gasteiger partial charge in [-0.15, -0.1) is 0 Å². The standard InChI is InChI=1S/C16H12F5NO3/c1-10-4-2-3-5-13(10)14(23,15(17,18)16(19,20)21)11-6-8-12(9-7-11)22(24)25/h2-9,23H,1H3. The molecular weight excluding hydrogens is 349 g/mol. The van der Waals surface area contributed by atoms with Gasteiger partial charge in [0.15, 0.2) is 5.60 Å². The van der Waals surface area contributed by atoms with E-state index in [1.54, 1.807) is 0 Å². The summed E-state index contributed by atoms with van der Waals surface area (Å²) in [4.78, 5) is 9.82. The molecule has 1 unspecified atom stereocenters. The van der Waals surface area contributed by atoms with Crippen molar-refractivity contribution in [2.75, 3.05) is 0 Å². The second-order valence-corrected chi connectivity index (χ2v) is 5.40. The highest BCUT2D eigenvalue weighted by Gasteiger charge is 2.71. The molecule has 0 spiro atoms. The SMILES string of the molecule is Cc1ccccc1C(O)(c1ccc([N+](=O)[O-])cc1)C(F)(F)C(F)(F)F. The van der Waals surface area contributed by atoms with Crippen LogP contribution in [0, 0.1) is 17.0 Å². The minimum atomic E-state index is -6.05. The molecule has 0 heterocycles. The molecule has 0 aliphatic carbocycles. The van der Waals surface area contributed by atoms with Crippen molar-refractivity contribution in [2.45, 2.75) is 24.6 Å². The van der Waals surface area contributed by atoms with Crippen LogP contribution >= 0.6 is 0 Å². The molecule has 0 aliphatic rings. The summed E-state index contributed by atoms with van der Waals surface area (Å²) in [6.07, 6.45) is -6.05. The summed E-state index contributed by atoms with van der Waals surface area (Å²) in [5.74, 6) is -5.54. The third-order valence-electron chi connectivity index (χ3n) is 3.84. The quantitative estimate of drug-likeness (QED) is 0.501. The van der Waals surface area contributed by atoms with Gasteiger partial charge in [0.2, 0.25) is 0 Å². The van der Waals surface area contributed by atoms with E-state index in [0.717, 1.165) is 18.2 Å². The van der Waals surface area contributed by atoms with Crippen LogP contribution in [0.2, 0.25) is 0 Å². The van der Waals surface area contributed by atoms with Gasteiger partial charge in [0.25, 0.3) is 5.69 Å². The smallest absolute Gasteiger partial charge is 0.374 e. The maximum absolute atomic E-state index is 14.3. The topological polar surface area (TPSA) is 63.4 Å². The van der Waals surface area contributed by atoms with Crippen molar-refractivity contribution in [3.8, 4) is 0 Å². The number of benzene rings is 2. The number of hydrogen-bond donors (Lipinski definition) is 1. The van der Waals surface area contributed by atoms with E-state index in [4.69, 9.17) is 0 Å².